The summed E-state index contributed by atoms with van der Waals surface area (Å²) in [7, 11) is 0. The number of hydrogen-bond acceptors (Lipinski definition) is 3. The minimum atomic E-state index is -0.477. The lowest BCUT2D eigenvalue weighted by molar-refractivity contribution is 0.660. The van der Waals surface area contributed by atoms with Crippen molar-refractivity contribution in [1.29, 1.82) is 0 Å². The van der Waals surface area contributed by atoms with E-state index in [0.29, 0.717) is 0 Å². The van der Waals surface area contributed by atoms with Crippen molar-refractivity contribution in [1.82, 2.24) is 0 Å². The van der Waals surface area contributed by atoms with Crippen LogP contribution in [0.1, 0.15) is 97.2 Å². The van der Waals surface area contributed by atoms with Crippen LogP contribution in [0.15, 0.2) is 467 Å². The molecule has 0 saturated heterocycles. The van der Waals surface area contributed by atoms with E-state index in [2.05, 4.69) is 523 Å². The molecule has 0 N–H and O–H groups in total. The van der Waals surface area contributed by atoms with Crippen LogP contribution in [0.3, 0.4) is 0 Å². The van der Waals surface area contributed by atoms with E-state index in [1.54, 1.807) is 0 Å². The zero-order valence-corrected chi connectivity index (χ0v) is 71.3. The Hall–Kier alpha value is -15.2. The van der Waals surface area contributed by atoms with Crippen molar-refractivity contribution in [3.8, 4) is 77.9 Å². The maximum absolute atomic E-state index is 2.47. The molecule has 0 fully saturated rings. The lowest BCUT2D eigenvalue weighted by Gasteiger charge is -2.35. The van der Waals surface area contributed by atoms with E-state index >= 15 is 0 Å². The summed E-state index contributed by atoms with van der Waals surface area (Å²) in [6, 6.07) is 170. The Kier molecular flexibility index (Phi) is 19.6. The van der Waals surface area contributed by atoms with Gasteiger partial charge in [-0.05, 0) is 266 Å². The number of para-hydroxylation sites is 2. The number of anilines is 9. The molecule has 125 heavy (non-hydrogen) atoms. The maximum atomic E-state index is 2.47. The minimum Gasteiger partial charge on any atom is -0.310 e. The molecule has 4 aliphatic carbocycles. The molecule has 0 unspecified atom stereocenters. The predicted molar refractivity (Wildman–Crippen MR) is 527 cm³/mol. The Bertz CT molecular complexity index is 7020. The molecule has 0 aromatic heterocycles. The monoisotopic (exact) mass is 1600 g/mol. The average molecular weight is 1600 g/mol. The summed E-state index contributed by atoms with van der Waals surface area (Å²) >= 11 is 0. The maximum Gasteiger partial charge on any atom is 0.0714 e. The highest BCUT2D eigenvalue weighted by Gasteiger charge is 2.47. The van der Waals surface area contributed by atoms with Crippen LogP contribution < -0.4 is 14.7 Å². The molecule has 0 atom stereocenters. The zero-order valence-electron chi connectivity index (χ0n) is 71.3. The van der Waals surface area contributed by atoms with Gasteiger partial charge in [0, 0.05) is 67.4 Å². The molecule has 4 aliphatic rings. The molecule has 3 nitrogen and oxygen atoms in total. The van der Waals surface area contributed by atoms with E-state index < -0.39 is 5.41 Å². The highest BCUT2D eigenvalue weighted by Crippen LogP contribution is 2.60. The van der Waals surface area contributed by atoms with Gasteiger partial charge >= 0.3 is 0 Å². The zero-order chi connectivity index (χ0) is 84.4. The van der Waals surface area contributed by atoms with Gasteiger partial charge in [0.2, 0.25) is 0 Å². The van der Waals surface area contributed by atoms with Crippen LogP contribution >= 0.6 is 0 Å². The summed E-state index contributed by atoms with van der Waals surface area (Å²) in [5.74, 6) is 0. The summed E-state index contributed by atoms with van der Waals surface area (Å²) in [5, 5.41) is 2.58. The van der Waals surface area contributed by atoms with Crippen molar-refractivity contribution in [2.75, 3.05) is 14.7 Å². The van der Waals surface area contributed by atoms with Crippen molar-refractivity contribution >= 4 is 62.0 Å². The highest BCUT2D eigenvalue weighted by molar-refractivity contribution is 5.97. The van der Waals surface area contributed by atoms with Crippen molar-refractivity contribution in [2.24, 2.45) is 0 Å². The first-order valence-electron chi connectivity index (χ1n) is 43.8. The number of benzene rings is 19. The molecule has 23 rings (SSSR count). The molecule has 0 bridgehead atoms. The molecular formula is C122H95N3. The largest absolute Gasteiger partial charge is 0.310 e. The molecule has 0 saturated carbocycles. The summed E-state index contributed by atoms with van der Waals surface area (Å²) in [5.41, 5.74) is 41.1. The van der Waals surface area contributed by atoms with Gasteiger partial charge in [-0.3, -0.25) is 0 Å². The van der Waals surface area contributed by atoms with E-state index in [1.165, 1.54) is 161 Å². The fraction of sp³-hybridized carbons (Fsp3) is 0.0820. The van der Waals surface area contributed by atoms with E-state index in [1.807, 2.05) is 0 Å². The molecule has 19 aromatic carbocycles. The standard InChI is InChI=1S/C52H39N.C43H33N.C27H23N/c1-51(2)47-24-14-12-22-43(47)45-32-30-41(34-49(45)51)53(40-28-26-37(27-29-40)36-16-6-3-7-17-36)42-31-33-46-44-23-13-15-25-48(44)52(50(46)35-42,38-18-8-4-9-19-38)39-20-10-5-11-21-39;1-43(2)41-26-25-38(29-40(41)39-27-34-15-9-10-16-35(34)28-42(39)43)44(36-21-17-32(18-22-36)30-11-5-3-6-12-30)37-23-19-33(20-24-37)31-13-7-4-8-14-31;1-27(2)25-16-10-9-15-23(25)24-18-17-22(19-26(24)27)28(20-11-5-3-6-12-20)21-13-7-4-8-14-21/h3-35H,1-2H3;3-29H,1-2H3;3-19H,1-2H3. The lowest BCUT2D eigenvalue weighted by Crippen LogP contribution is -2.28. The minimum absolute atomic E-state index is 0.000975. The Morgan fingerprint density at radius 2 is 0.384 bits per heavy atom. The van der Waals surface area contributed by atoms with Gasteiger partial charge in [0.25, 0.3) is 0 Å². The first-order chi connectivity index (χ1) is 61.3. The third kappa shape index (κ3) is 13.5. The molecule has 598 valence electrons. The van der Waals surface area contributed by atoms with Crippen LogP contribution in [-0.4, -0.2) is 0 Å². The summed E-state index contributed by atoms with van der Waals surface area (Å²) in [6.45, 7) is 14.1. The second kappa shape index (κ2) is 31.7. The van der Waals surface area contributed by atoms with Crippen molar-refractivity contribution in [2.45, 2.75) is 63.2 Å². The van der Waals surface area contributed by atoms with Crippen LogP contribution in [0.4, 0.5) is 51.2 Å². The van der Waals surface area contributed by atoms with Gasteiger partial charge in [0.15, 0.2) is 0 Å². The first-order valence-corrected chi connectivity index (χ1v) is 43.8. The van der Waals surface area contributed by atoms with Crippen LogP contribution in [0.25, 0.3) is 88.7 Å². The third-order valence-corrected chi connectivity index (χ3v) is 26.9. The Labute approximate surface area is 735 Å². The lowest BCUT2D eigenvalue weighted by atomic mass is 9.67. The molecule has 0 radical (unpaired) electrons. The highest BCUT2D eigenvalue weighted by atomic mass is 15.2. The van der Waals surface area contributed by atoms with Gasteiger partial charge in [-0.1, -0.05) is 387 Å². The Morgan fingerprint density at radius 3 is 0.784 bits per heavy atom. The summed E-state index contributed by atoms with van der Waals surface area (Å²) in [6.07, 6.45) is 0. The second-order valence-electron chi connectivity index (χ2n) is 35.1. The molecule has 0 heterocycles. The van der Waals surface area contributed by atoms with Gasteiger partial charge in [0.1, 0.15) is 0 Å². The second-order valence-corrected chi connectivity index (χ2v) is 35.1. The number of nitrogens with zero attached hydrogens (tertiary/aromatic N) is 3. The van der Waals surface area contributed by atoms with Crippen LogP contribution in [-0.2, 0) is 21.7 Å². The van der Waals surface area contributed by atoms with Crippen molar-refractivity contribution < 1.29 is 0 Å². The van der Waals surface area contributed by atoms with Gasteiger partial charge in [0.05, 0.1) is 5.41 Å². The average Bonchev–Trinajstić information content (AvgIpc) is 1.53. The van der Waals surface area contributed by atoms with E-state index in [9.17, 15) is 0 Å². The Balaban J connectivity index is 0.000000120. The fourth-order valence-electron chi connectivity index (χ4n) is 20.6. The van der Waals surface area contributed by atoms with E-state index in [-0.39, 0.29) is 16.2 Å². The number of rotatable bonds is 14. The van der Waals surface area contributed by atoms with Gasteiger partial charge in [-0.2, -0.15) is 0 Å². The predicted octanol–water partition coefficient (Wildman–Crippen LogP) is 32.9. The van der Waals surface area contributed by atoms with E-state index in [0.717, 1.165) is 34.1 Å². The summed E-state index contributed by atoms with van der Waals surface area (Å²) < 4.78 is 0. The quantitative estimate of drug-likeness (QED) is 0.107. The molecule has 3 heteroatoms. The van der Waals surface area contributed by atoms with Crippen molar-refractivity contribution in [3.63, 3.8) is 0 Å². The third-order valence-electron chi connectivity index (χ3n) is 26.9. The molecule has 0 spiro atoms. The van der Waals surface area contributed by atoms with Crippen LogP contribution in [0.2, 0.25) is 0 Å². The van der Waals surface area contributed by atoms with Gasteiger partial charge < -0.3 is 14.7 Å². The molecular weight excluding hydrogens is 1510 g/mol. The normalized spacial score (nSPS) is 13.6. The van der Waals surface area contributed by atoms with Gasteiger partial charge in [-0.25, -0.2) is 0 Å². The fourth-order valence-corrected chi connectivity index (χ4v) is 20.6. The molecule has 0 amide bonds. The van der Waals surface area contributed by atoms with E-state index in [4.69, 9.17) is 0 Å². The first kappa shape index (κ1) is 77.2. The van der Waals surface area contributed by atoms with Crippen molar-refractivity contribution in [3.05, 3.63) is 523 Å². The SMILES string of the molecule is CC1(C)c2ccc(N(c3ccc(-c4ccccc4)cc3)c3ccc(-c4ccccc4)cc3)cc2-c2cc3ccccc3cc21.CC1(C)c2ccccc2-c2ccc(N(c3ccc(-c4ccccc4)cc3)c3ccc4c(c3)C(c3ccccc3)(c3ccccc3)c3ccccc3-4)cc21.CC1(C)c2ccccc2-c2ccc(N(c3ccccc3)c3ccccc3)cc21. The Morgan fingerprint density at radius 1 is 0.144 bits per heavy atom. The molecule has 0 aliphatic heterocycles. The van der Waals surface area contributed by atoms with Crippen LogP contribution in [0, 0.1) is 0 Å². The van der Waals surface area contributed by atoms with Gasteiger partial charge in [-0.15, -0.1) is 0 Å². The summed E-state index contributed by atoms with van der Waals surface area (Å²) in [4.78, 5) is 7.17. The molecule has 19 aromatic rings. The number of fused-ring (bicyclic) bond motifs is 13. The van der Waals surface area contributed by atoms with Crippen LogP contribution in [0.5, 0.6) is 0 Å². The number of hydrogen-bond donors (Lipinski definition) is 0. The topological polar surface area (TPSA) is 9.72 Å². The smallest absolute Gasteiger partial charge is 0.0714 e.